The van der Waals surface area contributed by atoms with Gasteiger partial charge >= 0.3 is 0 Å². The van der Waals surface area contributed by atoms with E-state index in [9.17, 15) is 9.18 Å². The van der Waals surface area contributed by atoms with Crippen molar-refractivity contribution in [3.05, 3.63) is 65.5 Å². The van der Waals surface area contributed by atoms with Crippen LogP contribution in [0.5, 0.6) is 11.5 Å². The molecule has 0 aliphatic carbocycles. The Morgan fingerprint density at radius 1 is 1.05 bits per heavy atom. The number of carbonyl (C=O) groups is 1. The number of carbonyl (C=O) groups excluding carboxylic acids is 1. The molecule has 1 heterocycles. The van der Waals surface area contributed by atoms with Crippen molar-refractivity contribution in [1.82, 2.24) is 0 Å². The van der Waals surface area contributed by atoms with Crippen LogP contribution in [0, 0.1) is 5.82 Å². The second-order valence-corrected chi connectivity index (χ2v) is 4.32. The average molecular weight is 270 g/mol. The summed E-state index contributed by atoms with van der Waals surface area (Å²) in [5, 5.41) is 0. The summed E-state index contributed by atoms with van der Waals surface area (Å²) in [6.45, 7) is 0.179. The number of fused-ring (bicyclic) bond motifs is 1. The molecule has 0 radical (unpaired) electrons. The molecule has 2 aromatic rings. The largest absolute Gasteiger partial charge is 0.454 e. The van der Waals surface area contributed by atoms with Gasteiger partial charge < -0.3 is 9.47 Å². The van der Waals surface area contributed by atoms with Gasteiger partial charge in [0, 0.05) is 5.56 Å². The van der Waals surface area contributed by atoms with Crippen molar-refractivity contribution >= 4 is 11.9 Å². The van der Waals surface area contributed by atoms with Crippen LogP contribution in [-0.2, 0) is 0 Å². The fourth-order valence-electron chi connectivity index (χ4n) is 1.89. The molecule has 0 saturated carbocycles. The zero-order valence-electron chi connectivity index (χ0n) is 10.5. The molecule has 1 aliphatic heterocycles. The number of ether oxygens (including phenoxy) is 2. The standard InChI is InChI=1S/C16H11FO3/c17-13-5-1-11(2-6-13)3-7-14(18)12-4-8-15-16(9-12)20-10-19-15/h1-9H,10H2/b7-3+. The predicted molar refractivity (Wildman–Crippen MR) is 72.3 cm³/mol. The second kappa shape index (κ2) is 5.17. The van der Waals surface area contributed by atoms with E-state index in [2.05, 4.69) is 0 Å². The number of benzene rings is 2. The molecule has 0 unspecified atom stereocenters. The van der Waals surface area contributed by atoms with Crippen LogP contribution in [0.1, 0.15) is 15.9 Å². The lowest BCUT2D eigenvalue weighted by atomic mass is 10.1. The number of allylic oxidation sites excluding steroid dienone is 1. The Morgan fingerprint density at radius 2 is 1.80 bits per heavy atom. The SMILES string of the molecule is O=C(/C=C/c1ccc(F)cc1)c1ccc2c(c1)OCO2. The van der Waals surface area contributed by atoms with Crippen LogP contribution in [0.3, 0.4) is 0 Å². The molecule has 0 N–H and O–H groups in total. The maximum Gasteiger partial charge on any atom is 0.231 e. The summed E-state index contributed by atoms with van der Waals surface area (Å²) in [7, 11) is 0. The average Bonchev–Trinajstić information content (AvgIpc) is 2.93. The summed E-state index contributed by atoms with van der Waals surface area (Å²) >= 11 is 0. The Balaban J connectivity index is 1.77. The third-order valence-electron chi connectivity index (χ3n) is 2.95. The highest BCUT2D eigenvalue weighted by Crippen LogP contribution is 2.32. The van der Waals surface area contributed by atoms with Gasteiger partial charge in [-0.3, -0.25) is 4.79 Å². The summed E-state index contributed by atoms with van der Waals surface area (Å²) in [4.78, 5) is 12.0. The monoisotopic (exact) mass is 270 g/mol. The summed E-state index contributed by atoms with van der Waals surface area (Å²) in [6, 6.07) is 11.0. The van der Waals surface area contributed by atoms with Crippen molar-refractivity contribution in [2.75, 3.05) is 6.79 Å². The molecule has 3 nitrogen and oxygen atoms in total. The molecule has 0 atom stereocenters. The van der Waals surface area contributed by atoms with Crippen molar-refractivity contribution in [3.63, 3.8) is 0 Å². The highest BCUT2D eigenvalue weighted by Gasteiger charge is 2.14. The van der Waals surface area contributed by atoms with E-state index in [-0.39, 0.29) is 18.4 Å². The molecular formula is C16H11FO3. The molecule has 2 aromatic carbocycles. The van der Waals surface area contributed by atoms with Crippen molar-refractivity contribution in [2.24, 2.45) is 0 Å². The minimum absolute atomic E-state index is 0.146. The van der Waals surface area contributed by atoms with Crippen LogP contribution in [0.4, 0.5) is 4.39 Å². The number of hydrogen-bond acceptors (Lipinski definition) is 3. The van der Waals surface area contributed by atoms with Gasteiger partial charge in [-0.25, -0.2) is 4.39 Å². The van der Waals surface area contributed by atoms with Crippen LogP contribution in [0.25, 0.3) is 6.08 Å². The Bertz CT molecular complexity index is 675. The van der Waals surface area contributed by atoms with E-state index >= 15 is 0 Å². The molecule has 100 valence electrons. The van der Waals surface area contributed by atoms with E-state index in [1.165, 1.54) is 18.2 Å². The maximum atomic E-state index is 12.8. The lowest BCUT2D eigenvalue weighted by Gasteiger charge is -1.99. The molecule has 0 saturated heterocycles. The molecular weight excluding hydrogens is 259 g/mol. The van der Waals surface area contributed by atoms with Crippen LogP contribution >= 0.6 is 0 Å². The second-order valence-electron chi connectivity index (χ2n) is 4.32. The first-order chi connectivity index (χ1) is 9.72. The van der Waals surface area contributed by atoms with Gasteiger partial charge in [0.25, 0.3) is 0 Å². The van der Waals surface area contributed by atoms with Crippen molar-refractivity contribution < 1.29 is 18.7 Å². The van der Waals surface area contributed by atoms with Crippen LogP contribution in [0.2, 0.25) is 0 Å². The fraction of sp³-hybridized carbons (Fsp3) is 0.0625. The number of rotatable bonds is 3. The molecule has 0 amide bonds. The topological polar surface area (TPSA) is 35.5 Å². The highest BCUT2D eigenvalue weighted by atomic mass is 19.1. The van der Waals surface area contributed by atoms with Crippen molar-refractivity contribution in [2.45, 2.75) is 0 Å². The minimum Gasteiger partial charge on any atom is -0.454 e. The van der Waals surface area contributed by atoms with Crippen molar-refractivity contribution in [1.29, 1.82) is 0 Å². The fourth-order valence-corrected chi connectivity index (χ4v) is 1.89. The summed E-state index contributed by atoms with van der Waals surface area (Å²) in [5.74, 6) is 0.770. The van der Waals surface area contributed by atoms with Gasteiger partial charge in [-0.05, 0) is 42.0 Å². The number of hydrogen-bond donors (Lipinski definition) is 0. The first-order valence-corrected chi connectivity index (χ1v) is 6.10. The first kappa shape index (κ1) is 12.4. The zero-order valence-corrected chi connectivity index (χ0v) is 10.5. The molecule has 4 heteroatoms. The van der Waals surface area contributed by atoms with E-state index in [4.69, 9.17) is 9.47 Å². The molecule has 0 fully saturated rings. The third-order valence-corrected chi connectivity index (χ3v) is 2.95. The van der Waals surface area contributed by atoms with Crippen LogP contribution in [0.15, 0.2) is 48.5 Å². The number of halogens is 1. The van der Waals surface area contributed by atoms with Gasteiger partial charge in [0.15, 0.2) is 17.3 Å². The third kappa shape index (κ3) is 2.54. The predicted octanol–water partition coefficient (Wildman–Crippen LogP) is 3.45. The quantitative estimate of drug-likeness (QED) is 0.633. The van der Waals surface area contributed by atoms with Gasteiger partial charge in [-0.2, -0.15) is 0 Å². The zero-order chi connectivity index (χ0) is 13.9. The summed E-state index contributed by atoms with van der Waals surface area (Å²) < 4.78 is 23.2. The van der Waals surface area contributed by atoms with Crippen LogP contribution < -0.4 is 9.47 Å². The molecule has 20 heavy (non-hydrogen) atoms. The van der Waals surface area contributed by atoms with E-state index in [1.807, 2.05) is 0 Å². The van der Waals surface area contributed by atoms with E-state index in [0.29, 0.717) is 17.1 Å². The smallest absolute Gasteiger partial charge is 0.231 e. The Morgan fingerprint density at radius 3 is 2.60 bits per heavy atom. The normalized spacial score (nSPS) is 12.8. The van der Waals surface area contributed by atoms with Gasteiger partial charge in [-0.1, -0.05) is 18.2 Å². The molecule has 0 bridgehead atoms. The van der Waals surface area contributed by atoms with E-state index in [1.54, 1.807) is 36.4 Å². The number of ketones is 1. The van der Waals surface area contributed by atoms with E-state index in [0.717, 1.165) is 5.56 Å². The van der Waals surface area contributed by atoms with Gasteiger partial charge in [0.1, 0.15) is 5.82 Å². The lowest BCUT2D eigenvalue weighted by Crippen LogP contribution is -1.94. The van der Waals surface area contributed by atoms with Gasteiger partial charge in [-0.15, -0.1) is 0 Å². The van der Waals surface area contributed by atoms with Gasteiger partial charge in [0.05, 0.1) is 0 Å². The molecule has 0 spiro atoms. The van der Waals surface area contributed by atoms with Gasteiger partial charge in [0.2, 0.25) is 6.79 Å². The lowest BCUT2D eigenvalue weighted by molar-refractivity contribution is 0.104. The Hall–Kier alpha value is -2.62. The molecule has 1 aliphatic rings. The Kier molecular flexibility index (Phi) is 3.21. The van der Waals surface area contributed by atoms with Crippen molar-refractivity contribution in [3.8, 4) is 11.5 Å². The summed E-state index contributed by atoms with van der Waals surface area (Å²) in [6.07, 6.45) is 3.09. The maximum absolute atomic E-state index is 12.8. The Labute approximate surface area is 115 Å². The van der Waals surface area contributed by atoms with E-state index < -0.39 is 0 Å². The highest BCUT2D eigenvalue weighted by molar-refractivity contribution is 6.07. The van der Waals surface area contributed by atoms with Crippen LogP contribution in [-0.4, -0.2) is 12.6 Å². The molecule has 3 rings (SSSR count). The minimum atomic E-state index is -0.302. The summed E-state index contributed by atoms with van der Waals surface area (Å²) in [5.41, 5.74) is 1.29. The molecule has 0 aromatic heterocycles. The first-order valence-electron chi connectivity index (χ1n) is 6.10.